The molecule has 0 spiro atoms. The van der Waals surface area contributed by atoms with Gasteiger partial charge in [0, 0.05) is 67.4 Å². The van der Waals surface area contributed by atoms with Crippen molar-refractivity contribution in [2.24, 2.45) is 0 Å². The number of aromatic nitrogens is 6. The number of nitrogens with two attached hydrogens (primary N) is 2. The summed E-state index contributed by atoms with van der Waals surface area (Å²) >= 11 is 0. The number of nitrogens with zero attached hydrogens (tertiary/aromatic N) is 6. The van der Waals surface area contributed by atoms with E-state index in [9.17, 15) is 0 Å². The Bertz CT molecular complexity index is 1590. The normalized spacial score (nSPS) is 9.95. The zero-order valence-electron chi connectivity index (χ0n) is 21.9. The van der Waals surface area contributed by atoms with Crippen molar-refractivity contribution in [2.45, 2.75) is 0 Å². The molecule has 6 heterocycles. The van der Waals surface area contributed by atoms with Crippen molar-refractivity contribution >= 4 is 33.2 Å². The first-order valence-electron chi connectivity index (χ1n) is 12.5. The molecule has 202 valence electrons. The van der Waals surface area contributed by atoms with E-state index in [0.29, 0.717) is 11.4 Å². The van der Waals surface area contributed by atoms with Crippen LogP contribution >= 0.6 is 0 Å². The van der Waals surface area contributed by atoms with E-state index in [1.54, 1.807) is 37.2 Å². The predicted molar refractivity (Wildman–Crippen MR) is 161 cm³/mol. The molecule has 0 amide bonds. The Kier molecular flexibility index (Phi) is 10.1. The van der Waals surface area contributed by atoms with E-state index in [1.165, 1.54) is 0 Å². The van der Waals surface area contributed by atoms with Crippen LogP contribution in [0.2, 0.25) is 0 Å². The molecule has 0 radical (unpaired) electrons. The van der Waals surface area contributed by atoms with Crippen LogP contribution in [-0.2, 0) is 19.5 Å². The van der Waals surface area contributed by atoms with Crippen LogP contribution < -0.4 is 11.5 Å². The van der Waals surface area contributed by atoms with Gasteiger partial charge in [-0.3, -0.25) is 29.9 Å². The Labute approximate surface area is 250 Å². The van der Waals surface area contributed by atoms with E-state index < -0.39 is 0 Å². The number of pyridine rings is 6. The molecular weight excluding hydrogens is 597 g/mol. The smallest absolute Gasteiger partial charge is 0.0986 e. The second-order valence-corrected chi connectivity index (χ2v) is 8.49. The summed E-state index contributed by atoms with van der Waals surface area (Å²) < 4.78 is 0. The molecule has 41 heavy (non-hydrogen) atoms. The van der Waals surface area contributed by atoms with Crippen LogP contribution in [0.5, 0.6) is 0 Å². The summed E-state index contributed by atoms with van der Waals surface area (Å²) in [6.07, 6.45) is 10.5. The summed E-state index contributed by atoms with van der Waals surface area (Å²) in [5.41, 5.74) is 18.4. The maximum absolute atomic E-state index is 5.99. The molecule has 0 unspecified atom stereocenters. The summed E-state index contributed by atoms with van der Waals surface area (Å²) in [7, 11) is 0. The Balaban J connectivity index is 0.000000142. The monoisotopic (exact) mass is 624 g/mol. The third-order valence-corrected chi connectivity index (χ3v) is 5.89. The van der Waals surface area contributed by atoms with E-state index in [2.05, 4.69) is 29.9 Å². The zero-order chi connectivity index (χ0) is 27.6. The molecule has 0 atom stereocenters. The summed E-state index contributed by atoms with van der Waals surface area (Å²) in [6, 6.07) is 30.7. The van der Waals surface area contributed by atoms with Gasteiger partial charge >= 0.3 is 0 Å². The van der Waals surface area contributed by atoms with E-state index >= 15 is 0 Å². The fraction of sp³-hybridized carbons (Fsp3) is 0. The van der Waals surface area contributed by atoms with E-state index in [0.717, 1.165) is 44.6 Å². The molecule has 7 aromatic rings. The van der Waals surface area contributed by atoms with Crippen molar-refractivity contribution < 1.29 is 19.5 Å². The molecule has 0 aliphatic heterocycles. The standard InChI is InChI=1S/C12H10N4.2C10H8N2.Ru/c13-9-7-3-1-5-15-11(7)12-8(10(9)14)4-2-6-16-12;2*1-3-7-11-9(5-1)10-6-2-4-8-12-10;/h1-6H,13-14H2;2*1-8H;. The predicted octanol–water partition coefficient (Wildman–Crippen LogP) is 6.23. The number of hydrogen-bond acceptors (Lipinski definition) is 8. The van der Waals surface area contributed by atoms with Gasteiger partial charge in [-0.05, 0) is 72.8 Å². The number of anilines is 2. The molecule has 7 rings (SSSR count). The minimum absolute atomic E-state index is 0. The van der Waals surface area contributed by atoms with Gasteiger partial charge in [0.15, 0.2) is 0 Å². The van der Waals surface area contributed by atoms with Crippen LogP contribution in [0.1, 0.15) is 0 Å². The molecule has 8 nitrogen and oxygen atoms in total. The average molecular weight is 624 g/mol. The molecule has 0 aliphatic rings. The quantitative estimate of drug-likeness (QED) is 0.100. The number of rotatable bonds is 2. The van der Waals surface area contributed by atoms with Gasteiger partial charge in [0.25, 0.3) is 0 Å². The molecular formula is C32H26N8Ru. The number of hydrogen-bond donors (Lipinski definition) is 2. The van der Waals surface area contributed by atoms with Crippen LogP contribution in [0.3, 0.4) is 0 Å². The molecule has 0 fully saturated rings. The fourth-order valence-electron chi connectivity index (χ4n) is 3.97. The van der Waals surface area contributed by atoms with Crippen LogP contribution in [0, 0.1) is 0 Å². The second-order valence-electron chi connectivity index (χ2n) is 8.49. The Morgan fingerprint density at radius 3 is 0.902 bits per heavy atom. The van der Waals surface area contributed by atoms with Gasteiger partial charge in [0.05, 0.1) is 45.2 Å². The molecule has 0 saturated carbocycles. The van der Waals surface area contributed by atoms with Crippen molar-refractivity contribution in [1.82, 2.24) is 29.9 Å². The second kappa shape index (κ2) is 14.3. The van der Waals surface area contributed by atoms with E-state index in [1.807, 2.05) is 97.1 Å². The minimum atomic E-state index is 0. The van der Waals surface area contributed by atoms with Gasteiger partial charge in [-0.15, -0.1) is 0 Å². The van der Waals surface area contributed by atoms with Crippen LogP contribution in [0.15, 0.2) is 134 Å². The third kappa shape index (κ3) is 7.09. The van der Waals surface area contributed by atoms with Gasteiger partial charge in [-0.1, -0.05) is 24.3 Å². The van der Waals surface area contributed by atoms with E-state index in [4.69, 9.17) is 11.5 Å². The summed E-state index contributed by atoms with van der Waals surface area (Å²) in [6.45, 7) is 0. The zero-order valence-corrected chi connectivity index (χ0v) is 23.6. The van der Waals surface area contributed by atoms with Crippen molar-refractivity contribution in [3.8, 4) is 22.8 Å². The molecule has 6 aromatic heterocycles. The number of benzene rings is 1. The molecule has 0 saturated heterocycles. The first-order chi connectivity index (χ1) is 19.7. The first-order valence-corrected chi connectivity index (χ1v) is 12.5. The van der Waals surface area contributed by atoms with Crippen molar-refractivity contribution in [3.05, 3.63) is 134 Å². The van der Waals surface area contributed by atoms with Gasteiger partial charge < -0.3 is 11.5 Å². The van der Waals surface area contributed by atoms with Gasteiger partial charge in [0.1, 0.15) is 0 Å². The van der Waals surface area contributed by atoms with Crippen molar-refractivity contribution in [3.63, 3.8) is 0 Å². The summed E-state index contributed by atoms with van der Waals surface area (Å²) in [5.74, 6) is 0. The average Bonchev–Trinajstić information content (AvgIpc) is 3.06. The number of nitrogen functional groups attached to an aromatic ring is 2. The number of fused-ring (bicyclic) bond motifs is 3. The van der Waals surface area contributed by atoms with Crippen molar-refractivity contribution in [1.29, 1.82) is 0 Å². The van der Waals surface area contributed by atoms with E-state index in [-0.39, 0.29) is 19.5 Å². The minimum Gasteiger partial charge on any atom is -0.396 e. The van der Waals surface area contributed by atoms with Gasteiger partial charge in [0.2, 0.25) is 0 Å². The Morgan fingerprint density at radius 2 is 0.634 bits per heavy atom. The molecule has 0 aliphatic carbocycles. The fourth-order valence-corrected chi connectivity index (χ4v) is 3.97. The van der Waals surface area contributed by atoms with Crippen molar-refractivity contribution in [2.75, 3.05) is 11.5 Å². The maximum Gasteiger partial charge on any atom is 0.0986 e. The third-order valence-electron chi connectivity index (χ3n) is 5.89. The molecule has 0 bridgehead atoms. The Morgan fingerprint density at radius 1 is 0.341 bits per heavy atom. The Hall–Kier alpha value is -5.14. The largest absolute Gasteiger partial charge is 0.396 e. The van der Waals surface area contributed by atoms with Gasteiger partial charge in [-0.2, -0.15) is 0 Å². The molecule has 9 heteroatoms. The van der Waals surface area contributed by atoms with Crippen LogP contribution in [-0.4, -0.2) is 29.9 Å². The first kappa shape index (κ1) is 28.9. The maximum atomic E-state index is 5.99. The topological polar surface area (TPSA) is 129 Å². The van der Waals surface area contributed by atoms with Crippen LogP contribution in [0.25, 0.3) is 44.6 Å². The summed E-state index contributed by atoms with van der Waals surface area (Å²) in [4.78, 5) is 25.4. The molecule has 4 N–H and O–H groups in total. The SMILES string of the molecule is Nc1c(N)c2cccnc2c2ncccc12.[Ru].c1ccc(-c2ccccn2)nc1.c1ccc(-c2ccccn2)nc1. The summed E-state index contributed by atoms with van der Waals surface area (Å²) in [5, 5.41) is 1.71. The van der Waals surface area contributed by atoms with Gasteiger partial charge in [-0.25, -0.2) is 0 Å². The molecule has 1 aromatic carbocycles. The van der Waals surface area contributed by atoms with Crippen LogP contribution in [0.4, 0.5) is 11.4 Å².